The first-order chi connectivity index (χ1) is 12.9. The number of ether oxygens (including phenoxy) is 2. The molecule has 6 nitrogen and oxygen atoms in total. The Labute approximate surface area is 159 Å². The Morgan fingerprint density at radius 1 is 1.11 bits per heavy atom. The van der Waals surface area contributed by atoms with Gasteiger partial charge in [0.2, 0.25) is 0 Å². The molecule has 1 aliphatic rings. The van der Waals surface area contributed by atoms with E-state index in [0.29, 0.717) is 39.7 Å². The summed E-state index contributed by atoms with van der Waals surface area (Å²) < 4.78 is 12.1. The second-order valence-corrected chi connectivity index (χ2v) is 7.56. The van der Waals surface area contributed by atoms with Crippen molar-refractivity contribution >= 4 is 16.7 Å². The number of nitrogens with zero attached hydrogens (tertiary/aromatic N) is 1. The molecule has 1 saturated carbocycles. The van der Waals surface area contributed by atoms with E-state index in [2.05, 4.69) is 19.2 Å². The van der Waals surface area contributed by atoms with Gasteiger partial charge in [0.1, 0.15) is 0 Å². The average Bonchev–Trinajstić information content (AvgIpc) is 2.67. The molecule has 0 saturated heterocycles. The van der Waals surface area contributed by atoms with E-state index in [1.807, 2.05) is 0 Å². The van der Waals surface area contributed by atoms with Crippen LogP contribution in [0, 0.1) is 11.8 Å². The maximum absolute atomic E-state index is 13.1. The van der Waals surface area contributed by atoms with Crippen LogP contribution in [0.3, 0.4) is 0 Å². The lowest BCUT2D eigenvalue weighted by Gasteiger charge is -2.34. The summed E-state index contributed by atoms with van der Waals surface area (Å²) in [6, 6.07) is 3.49. The Hall–Kier alpha value is -2.50. The molecule has 0 spiro atoms. The molecule has 1 aromatic carbocycles. The Kier molecular flexibility index (Phi) is 5.44. The van der Waals surface area contributed by atoms with Crippen LogP contribution < -0.4 is 20.3 Å². The highest BCUT2D eigenvalue weighted by molar-refractivity contribution is 6.07. The molecule has 2 aromatic rings. The van der Waals surface area contributed by atoms with Crippen molar-refractivity contribution in [2.75, 3.05) is 14.2 Å². The summed E-state index contributed by atoms with van der Waals surface area (Å²) in [7, 11) is 4.71. The van der Waals surface area contributed by atoms with E-state index >= 15 is 0 Å². The summed E-state index contributed by atoms with van der Waals surface area (Å²) in [6.07, 6.45) is 4.91. The van der Waals surface area contributed by atoms with E-state index in [4.69, 9.17) is 9.47 Å². The monoisotopic (exact) mass is 372 g/mol. The zero-order valence-corrected chi connectivity index (χ0v) is 16.7. The Bertz CT molecular complexity index is 919. The second kappa shape index (κ2) is 7.62. The zero-order chi connectivity index (χ0) is 19.7. The molecule has 6 heteroatoms. The van der Waals surface area contributed by atoms with Gasteiger partial charge in [-0.3, -0.25) is 9.59 Å². The molecular weight excluding hydrogens is 344 g/mol. The molecule has 1 aliphatic carbocycles. The molecule has 0 radical (unpaired) electrons. The van der Waals surface area contributed by atoms with Crippen molar-refractivity contribution in [1.82, 2.24) is 9.88 Å². The second-order valence-electron chi connectivity index (χ2n) is 7.56. The van der Waals surface area contributed by atoms with Crippen molar-refractivity contribution in [3.63, 3.8) is 0 Å². The van der Waals surface area contributed by atoms with E-state index < -0.39 is 0 Å². The molecule has 1 aromatic heterocycles. The van der Waals surface area contributed by atoms with E-state index in [-0.39, 0.29) is 17.5 Å². The number of rotatable bonds is 4. The number of carbonyl (C=O) groups is 1. The molecule has 0 bridgehead atoms. The summed E-state index contributed by atoms with van der Waals surface area (Å²) >= 11 is 0. The van der Waals surface area contributed by atoms with Gasteiger partial charge in [-0.2, -0.15) is 0 Å². The van der Waals surface area contributed by atoms with Gasteiger partial charge in [-0.05, 0) is 30.4 Å². The predicted molar refractivity (Wildman–Crippen MR) is 106 cm³/mol. The van der Waals surface area contributed by atoms with E-state index in [1.54, 1.807) is 25.4 Å². The maximum atomic E-state index is 13.1. The SMILES string of the molecule is COc1cc2c(C(=O)NC3CCCC(C)C3C)cn(C)c(=O)c2cc1OC. The highest BCUT2D eigenvalue weighted by atomic mass is 16.5. The van der Waals surface area contributed by atoms with Crippen molar-refractivity contribution in [2.24, 2.45) is 18.9 Å². The first-order valence-electron chi connectivity index (χ1n) is 9.43. The van der Waals surface area contributed by atoms with Crippen LogP contribution in [0.15, 0.2) is 23.1 Å². The van der Waals surface area contributed by atoms with Crippen LogP contribution in [0.5, 0.6) is 11.5 Å². The fraction of sp³-hybridized carbons (Fsp3) is 0.524. The molecule has 1 heterocycles. The van der Waals surface area contributed by atoms with Gasteiger partial charge in [-0.1, -0.05) is 26.7 Å². The summed E-state index contributed by atoms with van der Waals surface area (Å²) in [5.41, 5.74) is 0.292. The van der Waals surface area contributed by atoms with Gasteiger partial charge < -0.3 is 19.4 Å². The van der Waals surface area contributed by atoms with Crippen LogP contribution >= 0.6 is 0 Å². The maximum Gasteiger partial charge on any atom is 0.258 e. The summed E-state index contributed by atoms with van der Waals surface area (Å²) in [5, 5.41) is 4.21. The summed E-state index contributed by atoms with van der Waals surface area (Å²) in [5.74, 6) is 1.82. The molecule has 3 atom stereocenters. The summed E-state index contributed by atoms with van der Waals surface area (Å²) in [4.78, 5) is 25.7. The molecule has 27 heavy (non-hydrogen) atoms. The highest BCUT2D eigenvalue weighted by Gasteiger charge is 2.29. The molecular formula is C21H28N2O4. The van der Waals surface area contributed by atoms with Gasteiger partial charge in [-0.15, -0.1) is 0 Å². The third-order valence-electron chi connectivity index (χ3n) is 5.96. The lowest BCUT2D eigenvalue weighted by molar-refractivity contribution is 0.0892. The van der Waals surface area contributed by atoms with Crippen LogP contribution in [0.4, 0.5) is 0 Å². The van der Waals surface area contributed by atoms with Crippen molar-refractivity contribution in [2.45, 2.75) is 39.2 Å². The van der Waals surface area contributed by atoms with Gasteiger partial charge in [-0.25, -0.2) is 0 Å². The summed E-state index contributed by atoms with van der Waals surface area (Å²) in [6.45, 7) is 4.43. The van der Waals surface area contributed by atoms with Gasteiger partial charge in [0.15, 0.2) is 11.5 Å². The number of aryl methyl sites for hydroxylation is 1. The number of methoxy groups -OCH3 is 2. The smallest absolute Gasteiger partial charge is 0.258 e. The molecule has 1 N–H and O–H groups in total. The number of fused-ring (bicyclic) bond motifs is 1. The van der Waals surface area contributed by atoms with Gasteiger partial charge in [0, 0.05) is 24.7 Å². The third-order valence-corrected chi connectivity index (χ3v) is 5.96. The van der Waals surface area contributed by atoms with Crippen LogP contribution in [0.2, 0.25) is 0 Å². The minimum absolute atomic E-state index is 0.147. The largest absolute Gasteiger partial charge is 0.493 e. The Morgan fingerprint density at radius 3 is 2.37 bits per heavy atom. The lowest BCUT2D eigenvalue weighted by Crippen LogP contribution is -2.44. The lowest BCUT2D eigenvalue weighted by atomic mass is 9.78. The van der Waals surface area contributed by atoms with Gasteiger partial charge >= 0.3 is 0 Å². The van der Waals surface area contributed by atoms with E-state index in [9.17, 15) is 9.59 Å². The molecule has 0 aliphatic heterocycles. The molecule has 1 fully saturated rings. The average molecular weight is 372 g/mol. The minimum Gasteiger partial charge on any atom is -0.493 e. The minimum atomic E-state index is -0.179. The zero-order valence-electron chi connectivity index (χ0n) is 16.7. The number of carbonyl (C=O) groups excluding carboxylic acids is 1. The van der Waals surface area contributed by atoms with Crippen LogP contribution in [-0.2, 0) is 7.05 Å². The Morgan fingerprint density at radius 2 is 1.74 bits per heavy atom. The molecule has 146 valence electrons. The molecule has 3 rings (SSSR count). The van der Waals surface area contributed by atoms with Crippen LogP contribution in [-0.4, -0.2) is 30.7 Å². The van der Waals surface area contributed by atoms with Crippen molar-refractivity contribution in [1.29, 1.82) is 0 Å². The van der Waals surface area contributed by atoms with E-state index in [0.717, 1.165) is 12.8 Å². The first-order valence-corrected chi connectivity index (χ1v) is 9.43. The van der Waals surface area contributed by atoms with Crippen LogP contribution in [0.1, 0.15) is 43.5 Å². The number of pyridine rings is 1. The highest BCUT2D eigenvalue weighted by Crippen LogP contribution is 2.33. The number of hydrogen-bond donors (Lipinski definition) is 1. The number of nitrogens with one attached hydrogen (secondary N) is 1. The fourth-order valence-electron chi connectivity index (χ4n) is 4.00. The molecule has 3 unspecified atom stereocenters. The number of benzene rings is 1. The fourth-order valence-corrected chi connectivity index (χ4v) is 4.00. The van der Waals surface area contributed by atoms with Gasteiger partial charge in [0.25, 0.3) is 11.5 Å². The quantitative estimate of drug-likeness (QED) is 0.895. The predicted octanol–water partition coefficient (Wildman–Crippen LogP) is 3.11. The number of amides is 1. The molecule has 1 amide bonds. The van der Waals surface area contributed by atoms with Gasteiger partial charge in [0.05, 0.1) is 25.2 Å². The standard InChI is InChI=1S/C21H28N2O4/c1-12-7-6-8-17(13(12)2)22-20(24)16-11-23(3)21(25)15-10-19(27-5)18(26-4)9-14(15)16/h9-13,17H,6-8H2,1-5H3,(H,22,24). The number of hydrogen-bond acceptors (Lipinski definition) is 4. The Balaban J connectivity index is 2.06. The van der Waals surface area contributed by atoms with Crippen molar-refractivity contribution < 1.29 is 14.3 Å². The normalized spacial score (nSPS) is 22.5. The number of aromatic nitrogens is 1. The van der Waals surface area contributed by atoms with Crippen molar-refractivity contribution in [3.05, 3.63) is 34.2 Å². The van der Waals surface area contributed by atoms with Crippen molar-refractivity contribution in [3.8, 4) is 11.5 Å². The third kappa shape index (κ3) is 3.53. The van der Waals surface area contributed by atoms with Crippen LogP contribution in [0.25, 0.3) is 10.8 Å². The topological polar surface area (TPSA) is 69.6 Å². The van der Waals surface area contributed by atoms with E-state index in [1.165, 1.54) is 25.2 Å². The first kappa shape index (κ1) is 19.3.